The van der Waals surface area contributed by atoms with Crippen molar-refractivity contribution in [2.75, 3.05) is 19.7 Å². The van der Waals surface area contributed by atoms with Gasteiger partial charge in [0.05, 0.1) is 5.92 Å². The summed E-state index contributed by atoms with van der Waals surface area (Å²) in [6, 6.07) is 16.3. The van der Waals surface area contributed by atoms with Crippen molar-refractivity contribution >= 4 is 18.0 Å². The quantitative estimate of drug-likeness (QED) is 0.587. The Balaban J connectivity index is 1.21. The van der Waals surface area contributed by atoms with Crippen LogP contribution in [0.15, 0.2) is 48.5 Å². The Labute approximate surface area is 199 Å². The second-order valence-electron chi connectivity index (χ2n) is 9.59. The maximum Gasteiger partial charge on any atom is 0.407 e. The molecule has 0 saturated heterocycles. The highest BCUT2D eigenvalue weighted by Crippen LogP contribution is 2.44. The van der Waals surface area contributed by atoms with E-state index >= 15 is 0 Å². The van der Waals surface area contributed by atoms with Gasteiger partial charge in [-0.2, -0.15) is 0 Å². The zero-order valence-electron chi connectivity index (χ0n) is 19.1. The number of nitrogens with zero attached hydrogens (tertiary/aromatic N) is 1. The Bertz CT molecular complexity index is 1050. The fourth-order valence-corrected chi connectivity index (χ4v) is 5.27. The van der Waals surface area contributed by atoms with Gasteiger partial charge in [-0.15, -0.1) is 0 Å². The Hall–Kier alpha value is -3.35. The molecule has 0 radical (unpaired) electrons. The number of carboxylic acid groups (broad SMARTS) is 1. The fraction of sp³-hybridized carbons (Fsp3) is 0.444. The Morgan fingerprint density at radius 1 is 0.971 bits per heavy atom. The number of carbonyl (C=O) groups is 3. The predicted molar refractivity (Wildman–Crippen MR) is 126 cm³/mol. The lowest BCUT2D eigenvalue weighted by Gasteiger charge is -2.36. The van der Waals surface area contributed by atoms with Crippen LogP contribution in [0, 0.1) is 11.8 Å². The second-order valence-corrected chi connectivity index (χ2v) is 9.59. The molecule has 1 unspecified atom stereocenters. The number of nitrogens with one attached hydrogen (secondary N) is 1. The number of hydrogen-bond donors (Lipinski definition) is 2. The molecule has 2 aromatic carbocycles. The van der Waals surface area contributed by atoms with Gasteiger partial charge in [0.1, 0.15) is 13.2 Å². The average molecular weight is 463 g/mol. The molecule has 0 aromatic heterocycles. The summed E-state index contributed by atoms with van der Waals surface area (Å²) < 4.78 is 5.62. The van der Waals surface area contributed by atoms with Crippen molar-refractivity contribution in [3.63, 3.8) is 0 Å². The van der Waals surface area contributed by atoms with Gasteiger partial charge in [0, 0.05) is 18.5 Å². The van der Waals surface area contributed by atoms with Crippen molar-refractivity contribution in [1.82, 2.24) is 10.2 Å². The summed E-state index contributed by atoms with van der Waals surface area (Å²) in [7, 11) is 0. The fourth-order valence-electron chi connectivity index (χ4n) is 5.27. The molecule has 3 aliphatic carbocycles. The molecule has 2 aromatic rings. The number of benzene rings is 2. The summed E-state index contributed by atoms with van der Waals surface area (Å²) in [5.74, 6) is -1.42. The molecule has 5 rings (SSSR count). The molecule has 7 heteroatoms. The first-order valence-electron chi connectivity index (χ1n) is 12.1. The second kappa shape index (κ2) is 9.49. The number of amides is 2. The molecule has 0 heterocycles. The van der Waals surface area contributed by atoms with E-state index in [0.717, 1.165) is 43.2 Å². The van der Waals surface area contributed by atoms with Gasteiger partial charge < -0.3 is 20.1 Å². The molecule has 0 spiro atoms. The van der Waals surface area contributed by atoms with Crippen LogP contribution < -0.4 is 5.32 Å². The molecule has 3 aliphatic rings. The lowest BCUT2D eigenvalue weighted by Crippen LogP contribution is -2.48. The molecule has 178 valence electrons. The minimum atomic E-state index is -1.00. The Morgan fingerprint density at radius 3 is 2.12 bits per heavy atom. The Kier molecular flexibility index (Phi) is 6.26. The van der Waals surface area contributed by atoms with Crippen molar-refractivity contribution in [2.24, 2.45) is 11.8 Å². The largest absolute Gasteiger partial charge is 0.480 e. The predicted octanol–water partition coefficient (Wildman–Crippen LogP) is 4.02. The lowest BCUT2D eigenvalue weighted by atomic mass is 9.75. The number of rotatable bonds is 9. The van der Waals surface area contributed by atoms with E-state index in [4.69, 9.17) is 4.74 Å². The third kappa shape index (κ3) is 4.52. The Morgan fingerprint density at radius 2 is 1.59 bits per heavy atom. The van der Waals surface area contributed by atoms with Crippen LogP contribution in [0.2, 0.25) is 0 Å². The monoisotopic (exact) mass is 462 g/mol. The topological polar surface area (TPSA) is 95.9 Å². The first kappa shape index (κ1) is 22.4. The summed E-state index contributed by atoms with van der Waals surface area (Å²) in [5, 5.41) is 12.0. The van der Waals surface area contributed by atoms with Crippen LogP contribution in [-0.4, -0.2) is 53.7 Å². The minimum absolute atomic E-state index is 0.0145. The molecular formula is C27H30N2O5. The highest BCUT2D eigenvalue weighted by atomic mass is 16.5. The molecule has 0 aliphatic heterocycles. The highest BCUT2D eigenvalue weighted by molar-refractivity contribution is 5.85. The van der Waals surface area contributed by atoms with E-state index in [2.05, 4.69) is 29.6 Å². The van der Waals surface area contributed by atoms with Gasteiger partial charge in [-0.1, -0.05) is 55.0 Å². The summed E-state index contributed by atoms with van der Waals surface area (Å²) in [4.78, 5) is 38.6. The number of alkyl carbamates (subject to hydrolysis) is 1. The third-order valence-electron chi connectivity index (χ3n) is 7.42. The van der Waals surface area contributed by atoms with Gasteiger partial charge in [0.15, 0.2) is 0 Å². The summed E-state index contributed by atoms with van der Waals surface area (Å²) in [6.45, 7) is 0.107. The summed E-state index contributed by atoms with van der Waals surface area (Å²) in [6.07, 6.45) is 4.05. The van der Waals surface area contributed by atoms with E-state index in [9.17, 15) is 19.5 Å². The van der Waals surface area contributed by atoms with Crippen LogP contribution in [-0.2, 0) is 14.3 Å². The number of fused-ring (bicyclic) bond motifs is 3. The van der Waals surface area contributed by atoms with Crippen LogP contribution in [0.4, 0.5) is 4.79 Å². The number of hydrogen-bond acceptors (Lipinski definition) is 4. The summed E-state index contributed by atoms with van der Waals surface area (Å²) >= 11 is 0. The maximum atomic E-state index is 13.2. The number of ether oxygens (including phenoxy) is 1. The van der Waals surface area contributed by atoms with Gasteiger partial charge in [-0.05, 0) is 53.9 Å². The van der Waals surface area contributed by atoms with Crippen LogP contribution in [0.3, 0.4) is 0 Å². The van der Waals surface area contributed by atoms with Gasteiger partial charge in [-0.25, -0.2) is 4.79 Å². The van der Waals surface area contributed by atoms with Crippen molar-refractivity contribution in [2.45, 2.75) is 44.1 Å². The van der Waals surface area contributed by atoms with Crippen molar-refractivity contribution in [1.29, 1.82) is 0 Å². The van der Waals surface area contributed by atoms with E-state index in [-0.39, 0.29) is 43.5 Å². The summed E-state index contributed by atoms with van der Waals surface area (Å²) in [5.41, 5.74) is 4.63. The molecule has 34 heavy (non-hydrogen) atoms. The number of aliphatic carboxylic acids is 1. The zero-order valence-corrected chi connectivity index (χ0v) is 19.1. The maximum absolute atomic E-state index is 13.2. The van der Waals surface area contributed by atoms with Crippen molar-refractivity contribution < 1.29 is 24.2 Å². The van der Waals surface area contributed by atoms with Gasteiger partial charge in [0.25, 0.3) is 0 Å². The zero-order chi connectivity index (χ0) is 23.7. The normalized spacial score (nSPS) is 17.8. The minimum Gasteiger partial charge on any atom is -0.480 e. The smallest absolute Gasteiger partial charge is 0.407 e. The standard InChI is InChI=1S/C27H30N2O5/c30-25(31)15-29(18-12-13-18)26(32)23(17-6-5-7-17)14-28-27(33)34-16-24-21-10-3-1-8-19(21)20-9-2-4-11-22(20)24/h1-4,8-11,17-18,23-24H,5-7,12-16H2,(H,28,33)(H,30,31). The average Bonchev–Trinajstić information content (AvgIpc) is 3.59. The molecule has 1 atom stereocenters. The van der Waals surface area contributed by atoms with E-state index < -0.39 is 18.0 Å². The molecule has 0 bridgehead atoms. The molecule has 2 saturated carbocycles. The van der Waals surface area contributed by atoms with Crippen molar-refractivity contribution in [3.05, 3.63) is 59.7 Å². The van der Waals surface area contributed by atoms with Crippen molar-refractivity contribution in [3.8, 4) is 11.1 Å². The lowest BCUT2D eigenvalue weighted by molar-refractivity contribution is -0.148. The SMILES string of the molecule is O=C(O)CN(C(=O)C(CNC(=O)OCC1c2ccccc2-c2ccccc21)C1CCC1)C1CC1. The highest BCUT2D eigenvalue weighted by Gasteiger charge is 2.41. The van der Waals surface area contributed by atoms with Crippen LogP contribution >= 0.6 is 0 Å². The van der Waals surface area contributed by atoms with E-state index in [0.29, 0.717) is 0 Å². The van der Waals surface area contributed by atoms with Gasteiger partial charge in [0.2, 0.25) is 5.91 Å². The van der Waals surface area contributed by atoms with E-state index in [1.807, 2.05) is 24.3 Å². The molecular weight excluding hydrogens is 432 g/mol. The van der Waals surface area contributed by atoms with Crippen LogP contribution in [0.5, 0.6) is 0 Å². The van der Waals surface area contributed by atoms with Crippen LogP contribution in [0.25, 0.3) is 11.1 Å². The molecule has 2 amide bonds. The van der Waals surface area contributed by atoms with Gasteiger partial charge >= 0.3 is 12.1 Å². The third-order valence-corrected chi connectivity index (χ3v) is 7.42. The first-order chi connectivity index (χ1) is 16.5. The van der Waals surface area contributed by atoms with Crippen LogP contribution in [0.1, 0.15) is 49.1 Å². The number of carbonyl (C=O) groups excluding carboxylic acids is 2. The number of carboxylic acids is 1. The molecule has 7 nitrogen and oxygen atoms in total. The molecule has 2 N–H and O–H groups in total. The first-order valence-corrected chi connectivity index (χ1v) is 12.1. The van der Waals surface area contributed by atoms with E-state index in [1.165, 1.54) is 16.0 Å². The van der Waals surface area contributed by atoms with E-state index in [1.54, 1.807) is 0 Å². The molecule has 2 fully saturated rings. The van der Waals surface area contributed by atoms with Gasteiger partial charge in [-0.3, -0.25) is 9.59 Å².